The minimum atomic E-state index is 0. The summed E-state index contributed by atoms with van der Waals surface area (Å²) in [6.07, 6.45) is 6.70. The van der Waals surface area contributed by atoms with Gasteiger partial charge in [-0.2, -0.15) is 0 Å². The van der Waals surface area contributed by atoms with Crippen LogP contribution in [-0.2, 0) is 0 Å². The third-order valence-corrected chi connectivity index (χ3v) is 1.73. The first-order chi connectivity index (χ1) is 7.20. The molecule has 0 fully saturated rings. The lowest BCUT2D eigenvalue weighted by molar-refractivity contribution is 0.824. The van der Waals surface area contributed by atoms with E-state index in [-0.39, 0.29) is 16.9 Å². The molecule has 0 radical (unpaired) electrons. The minimum absolute atomic E-state index is 0. The second-order valence-corrected chi connectivity index (χ2v) is 2.96. The van der Waals surface area contributed by atoms with Crippen molar-refractivity contribution in [1.29, 1.82) is 10.8 Å². The number of para-hydroxylation sites is 1. The zero-order valence-electron chi connectivity index (χ0n) is 8.77. The largest absolute Gasteiger partial charge is 0.412 e. The molecule has 4 heteroatoms. The summed E-state index contributed by atoms with van der Waals surface area (Å²) in [4.78, 5) is 0. The number of hydrogen-bond donors (Lipinski definition) is 3. The molecule has 4 nitrogen and oxygen atoms in total. The Balaban J connectivity index is 0.000000267. The van der Waals surface area contributed by atoms with Crippen LogP contribution in [0.2, 0.25) is 0 Å². The maximum atomic E-state index is 7.03. The van der Waals surface area contributed by atoms with Crippen LogP contribution in [0.15, 0.2) is 54.6 Å². The molecule has 0 unspecified atom stereocenters. The summed E-state index contributed by atoms with van der Waals surface area (Å²) in [6, 6.07) is 9.49. The van der Waals surface area contributed by atoms with Gasteiger partial charge < -0.3 is 11.2 Å². The molecular formula is C12H15N3O. The molecule has 0 bridgehead atoms. The van der Waals surface area contributed by atoms with Gasteiger partial charge in [0.1, 0.15) is 0 Å². The molecule has 0 saturated heterocycles. The number of anilines is 1. The Morgan fingerprint density at radius 1 is 0.812 bits per heavy atom. The van der Waals surface area contributed by atoms with Gasteiger partial charge in [0.2, 0.25) is 0 Å². The second-order valence-electron chi connectivity index (χ2n) is 2.96. The fourth-order valence-electron chi connectivity index (χ4n) is 0.936. The van der Waals surface area contributed by atoms with Gasteiger partial charge in [0.15, 0.2) is 0 Å². The van der Waals surface area contributed by atoms with Crippen molar-refractivity contribution in [3.8, 4) is 0 Å². The quantitative estimate of drug-likeness (QED) is 0.445. The third kappa shape index (κ3) is 4.88. The van der Waals surface area contributed by atoms with Gasteiger partial charge in [0.05, 0.1) is 11.4 Å². The number of nitrogens with two attached hydrogens (primary N) is 1. The maximum Gasteiger partial charge on any atom is 0.0789 e. The Labute approximate surface area is 94.4 Å². The fourth-order valence-corrected chi connectivity index (χ4v) is 0.936. The first kappa shape index (κ1) is 13.8. The van der Waals surface area contributed by atoms with Crippen molar-refractivity contribution in [1.82, 2.24) is 0 Å². The molecular weight excluding hydrogens is 202 g/mol. The molecule has 84 valence electrons. The molecule has 0 saturated carbocycles. The Bertz CT molecular complexity index is 386. The molecule has 1 aliphatic carbocycles. The SMILES string of the molecule is N=C1C=CC=CC1=N.Nc1ccccc1.O. The van der Waals surface area contributed by atoms with Gasteiger partial charge >= 0.3 is 0 Å². The van der Waals surface area contributed by atoms with Crippen LogP contribution >= 0.6 is 0 Å². The van der Waals surface area contributed by atoms with Crippen molar-refractivity contribution in [2.24, 2.45) is 0 Å². The van der Waals surface area contributed by atoms with Crippen molar-refractivity contribution < 1.29 is 5.48 Å². The Morgan fingerprint density at radius 3 is 1.50 bits per heavy atom. The van der Waals surface area contributed by atoms with E-state index < -0.39 is 0 Å². The van der Waals surface area contributed by atoms with E-state index >= 15 is 0 Å². The highest BCUT2D eigenvalue weighted by Crippen LogP contribution is 1.95. The zero-order chi connectivity index (χ0) is 11.1. The fraction of sp³-hybridized carbons (Fsp3) is 0. The van der Waals surface area contributed by atoms with Gasteiger partial charge in [-0.05, 0) is 24.3 Å². The van der Waals surface area contributed by atoms with E-state index in [0.717, 1.165) is 5.69 Å². The average Bonchev–Trinajstić information content (AvgIpc) is 2.25. The molecule has 0 amide bonds. The van der Waals surface area contributed by atoms with Gasteiger partial charge in [-0.1, -0.05) is 30.4 Å². The molecule has 0 aromatic heterocycles. The molecule has 16 heavy (non-hydrogen) atoms. The number of allylic oxidation sites excluding steroid dienone is 4. The van der Waals surface area contributed by atoms with Crippen LogP contribution in [0, 0.1) is 10.8 Å². The molecule has 0 spiro atoms. The predicted molar refractivity (Wildman–Crippen MR) is 68.2 cm³/mol. The topological polar surface area (TPSA) is 105 Å². The lowest BCUT2D eigenvalue weighted by Crippen LogP contribution is -2.06. The van der Waals surface area contributed by atoms with Crippen molar-refractivity contribution in [2.75, 3.05) is 5.73 Å². The van der Waals surface area contributed by atoms with E-state index in [1.165, 1.54) is 0 Å². The van der Waals surface area contributed by atoms with Crippen LogP contribution in [0.3, 0.4) is 0 Å². The van der Waals surface area contributed by atoms with E-state index in [0.29, 0.717) is 0 Å². The maximum absolute atomic E-state index is 7.03. The van der Waals surface area contributed by atoms with Gasteiger partial charge in [-0.25, -0.2) is 0 Å². The third-order valence-electron chi connectivity index (χ3n) is 1.73. The smallest absolute Gasteiger partial charge is 0.0789 e. The first-order valence-corrected chi connectivity index (χ1v) is 4.53. The summed E-state index contributed by atoms with van der Waals surface area (Å²) in [5.41, 5.74) is 6.75. The van der Waals surface area contributed by atoms with Crippen molar-refractivity contribution in [3.63, 3.8) is 0 Å². The van der Waals surface area contributed by atoms with Gasteiger partial charge in [-0.15, -0.1) is 0 Å². The monoisotopic (exact) mass is 217 g/mol. The summed E-state index contributed by atoms with van der Waals surface area (Å²) in [5, 5.41) is 14.1. The Morgan fingerprint density at radius 2 is 1.25 bits per heavy atom. The average molecular weight is 217 g/mol. The molecule has 1 aromatic carbocycles. The lowest BCUT2D eigenvalue weighted by atomic mass is 10.1. The van der Waals surface area contributed by atoms with Crippen LogP contribution in [0.25, 0.3) is 0 Å². The number of rotatable bonds is 0. The summed E-state index contributed by atoms with van der Waals surface area (Å²) < 4.78 is 0. The normalized spacial score (nSPS) is 12.5. The van der Waals surface area contributed by atoms with Gasteiger partial charge in [0.25, 0.3) is 0 Å². The van der Waals surface area contributed by atoms with Crippen molar-refractivity contribution >= 4 is 17.1 Å². The highest BCUT2D eigenvalue weighted by atomic mass is 16.0. The minimum Gasteiger partial charge on any atom is -0.412 e. The van der Waals surface area contributed by atoms with Crippen LogP contribution < -0.4 is 5.73 Å². The molecule has 0 atom stereocenters. The molecule has 0 aliphatic heterocycles. The van der Waals surface area contributed by atoms with Gasteiger partial charge in [-0.3, -0.25) is 10.8 Å². The van der Waals surface area contributed by atoms with E-state index in [9.17, 15) is 0 Å². The van der Waals surface area contributed by atoms with Crippen LogP contribution in [0.4, 0.5) is 5.69 Å². The summed E-state index contributed by atoms with van der Waals surface area (Å²) in [6.45, 7) is 0. The zero-order valence-corrected chi connectivity index (χ0v) is 8.77. The van der Waals surface area contributed by atoms with Crippen LogP contribution in [0.5, 0.6) is 0 Å². The number of nitrogens with one attached hydrogen (secondary N) is 2. The van der Waals surface area contributed by atoms with Crippen LogP contribution in [-0.4, -0.2) is 16.9 Å². The van der Waals surface area contributed by atoms with Crippen molar-refractivity contribution in [2.45, 2.75) is 0 Å². The number of nitrogen functional groups attached to an aromatic ring is 1. The molecule has 6 N–H and O–H groups in total. The van der Waals surface area contributed by atoms with Gasteiger partial charge in [0, 0.05) is 5.69 Å². The van der Waals surface area contributed by atoms with E-state index in [1.807, 2.05) is 30.3 Å². The second kappa shape index (κ2) is 7.14. The number of benzene rings is 1. The molecule has 1 aliphatic rings. The Kier molecular flexibility index (Phi) is 6.16. The number of hydrogen-bond acceptors (Lipinski definition) is 3. The lowest BCUT2D eigenvalue weighted by Gasteiger charge is -1.96. The standard InChI is InChI=1S/C6H6N2.C6H7N.H2O/c7-5-3-1-2-4-6(5)8;7-6-4-2-1-3-5-6;/h1-4,7-8H;1-5H,7H2;1H2. The summed E-state index contributed by atoms with van der Waals surface area (Å²) in [5.74, 6) is 0. The van der Waals surface area contributed by atoms with E-state index in [1.54, 1.807) is 24.3 Å². The first-order valence-electron chi connectivity index (χ1n) is 4.53. The molecule has 2 rings (SSSR count). The Hall–Kier alpha value is -2.20. The predicted octanol–water partition coefficient (Wildman–Crippen LogP) is 1.60. The van der Waals surface area contributed by atoms with E-state index in [4.69, 9.17) is 16.6 Å². The highest BCUT2D eigenvalue weighted by molar-refractivity contribution is 6.48. The molecule has 1 aromatic rings. The summed E-state index contributed by atoms with van der Waals surface area (Å²) in [7, 11) is 0. The summed E-state index contributed by atoms with van der Waals surface area (Å²) >= 11 is 0. The van der Waals surface area contributed by atoms with Crippen molar-refractivity contribution in [3.05, 3.63) is 54.6 Å². The van der Waals surface area contributed by atoms with Crippen LogP contribution in [0.1, 0.15) is 0 Å². The van der Waals surface area contributed by atoms with E-state index in [2.05, 4.69) is 0 Å². The highest BCUT2D eigenvalue weighted by Gasteiger charge is 1.97. The molecule has 0 heterocycles.